The molecule has 1 aromatic carbocycles. The Hall–Kier alpha value is -2.15. The maximum Gasteiger partial charge on any atom is 0.298 e. The van der Waals surface area contributed by atoms with Crippen molar-refractivity contribution in [3.8, 4) is 0 Å². The Bertz CT molecular complexity index is 662. The van der Waals surface area contributed by atoms with Crippen LogP contribution in [0, 0.1) is 10.1 Å². The first-order valence-corrected chi connectivity index (χ1v) is 7.09. The fraction of sp³-hybridized carbons (Fsp3) is 0.500. The minimum absolute atomic E-state index is 0.106. The molecule has 7 heteroatoms. The summed E-state index contributed by atoms with van der Waals surface area (Å²) in [6.45, 7) is 4.71. The quantitative estimate of drug-likeness (QED) is 0.636. The number of nitro groups is 1. The number of oxazole rings is 1. The van der Waals surface area contributed by atoms with Crippen LogP contribution in [0.15, 0.2) is 16.5 Å². The van der Waals surface area contributed by atoms with E-state index >= 15 is 0 Å². The lowest BCUT2D eigenvalue weighted by Crippen LogP contribution is -2.36. The molecule has 1 aliphatic rings. The van der Waals surface area contributed by atoms with Gasteiger partial charge in [0, 0.05) is 18.7 Å². The van der Waals surface area contributed by atoms with Crippen molar-refractivity contribution in [1.29, 1.82) is 0 Å². The van der Waals surface area contributed by atoms with Gasteiger partial charge >= 0.3 is 0 Å². The minimum Gasteiger partial charge on any atom is -0.423 e. The highest BCUT2D eigenvalue weighted by Crippen LogP contribution is 2.30. The van der Waals surface area contributed by atoms with Crippen LogP contribution in [0.3, 0.4) is 0 Å². The highest BCUT2D eigenvalue weighted by molar-refractivity contribution is 5.79. The monoisotopic (exact) mass is 291 g/mol. The summed E-state index contributed by atoms with van der Waals surface area (Å²) in [6.07, 6.45) is 1.51. The van der Waals surface area contributed by atoms with Crippen molar-refractivity contribution in [2.45, 2.75) is 19.8 Å². The molecule has 0 radical (unpaired) electrons. The summed E-state index contributed by atoms with van der Waals surface area (Å²) in [4.78, 5) is 17.3. The summed E-state index contributed by atoms with van der Waals surface area (Å²) in [5.74, 6) is 0. The van der Waals surface area contributed by atoms with E-state index in [0.29, 0.717) is 42.3 Å². The minimum atomic E-state index is -0.360. The SMILES string of the molecule is CCCc1cc2nc(N3CCOCC3)oc2cc1[N+](=O)[O-]. The molecule has 0 aliphatic carbocycles. The standard InChI is InChI=1S/C14H17N3O4/c1-2-3-10-8-11-13(9-12(10)17(18)19)21-14(15-11)16-4-6-20-7-5-16/h8-9H,2-7H2,1H3. The molecular weight excluding hydrogens is 274 g/mol. The first-order valence-electron chi connectivity index (χ1n) is 7.09. The molecule has 0 unspecified atom stereocenters. The average molecular weight is 291 g/mol. The van der Waals surface area contributed by atoms with E-state index in [1.807, 2.05) is 11.8 Å². The van der Waals surface area contributed by atoms with Gasteiger partial charge in [-0.2, -0.15) is 4.98 Å². The molecule has 0 atom stereocenters. The molecule has 2 aromatic rings. The third-order valence-corrected chi connectivity index (χ3v) is 3.58. The van der Waals surface area contributed by atoms with E-state index < -0.39 is 0 Å². The van der Waals surface area contributed by atoms with Crippen LogP contribution < -0.4 is 4.90 Å². The summed E-state index contributed by atoms with van der Waals surface area (Å²) in [5.41, 5.74) is 1.94. The van der Waals surface area contributed by atoms with Gasteiger partial charge < -0.3 is 14.1 Å². The highest BCUT2D eigenvalue weighted by atomic mass is 16.6. The molecule has 21 heavy (non-hydrogen) atoms. The Morgan fingerprint density at radius 2 is 2.14 bits per heavy atom. The zero-order chi connectivity index (χ0) is 14.8. The van der Waals surface area contributed by atoms with E-state index in [4.69, 9.17) is 9.15 Å². The first-order chi connectivity index (χ1) is 10.2. The number of hydrogen-bond donors (Lipinski definition) is 0. The van der Waals surface area contributed by atoms with Crippen LogP contribution in [0.2, 0.25) is 0 Å². The maximum absolute atomic E-state index is 11.2. The lowest BCUT2D eigenvalue weighted by molar-refractivity contribution is -0.385. The molecular formula is C14H17N3O4. The van der Waals surface area contributed by atoms with Crippen molar-refractivity contribution in [2.75, 3.05) is 31.2 Å². The van der Waals surface area contributed by atoms with Gasteiger partial charge in [-0.1, -0.05) is 13.3 Å². The Labute approximate surface area is 121 Å². The van der Waals surface area contributed by atoms with E-state index in [0.717, 1.165) is 19.5 Å². The second-order valence-electron chi connectivity index (χ2n) is 5.05. The second kappa shape index (κ2) is 5.69. The number of morpholine rings is 1. The predicted octanol–water partition coefficient (Wildman–Crippen LogP) is 2.53. The Balaban J connectivity index is 2.01. The molecule has 0 bridgehead atoms. The number of aromatic nitrogens is 1. The number of nitro benzene ring substituents is 1. The predicted molar refractivity (Wildman–Crippen MR) is 77.7 cm³/mol. The topological polar surface area (TPSA) is 81.6 Å². The van der Waals surface area contributed by atoms with E-state index in [1.54, 1.807) is 6.07 Å². The zero-order valence-corrected chi connectivity index (χ0v) is 11.9. The molecule has 0 N–H and O–H groups in total. The smallest absolute Gasteiger partial charge is 0.298 e. The van der Waals surface area contributed by atoms with E-state index in [-0.39, 0.29) is 10.6 Å². The van der Waals surface area contributed by atoms with Gasteiger partial charge in [-0.3, -0.25) is 10.1 Å². The van der Waals surface area contributed by atoms with Crippen molar-refractivity contribution in [2.24, 2.45) is 0 Å². The van der Waals surface area contributed by atoms with Gasteiger partial charge in [0.1, 0.15) is 5.52 Å². The van der Waals surface area contributed by atoms with Crippen LogP contribution in [-0.4, -0.2) is 36.2 Å². The highest BCUT2D eigenvalue weighted by Gasteiger charge is 2.21. The number of aryl methyl sites for hydroxylation is 1. The molecule has 7 nitrogen and oxygen atoms in total. The van der Waals surface area contributed by atoms with Crippen molar-refractivity contribution in [1.82, 2.24) is 4.98 Å². The van der Waals surface area contributed by atoms with Crippen LogP contribution in [0.5, 0.6) is 0 Å². The first kappa shape index (κ1) is 13.8. The number of anilines is 1. The van der Waals surface area contributed by atoms with Crippen LogP contribution in [-0.2, 0) is 11.2 Å². The lowest BCUT2D eigenvalue weighted by atomic mass is 10.1. The Kier molecular flexibility index (Phi) is 3.74. The van der Waals surface area contributed by atoms with Crippen LogP contribution >= 0.6 is 0 Å². The summed E-state index contributed by atoms with van der Waals surface area (Å²) < 4.78 is 11.0. The van der Waals surface area contributed by atoms with Crippen molar-refractivity contribution < 1.29 is 14.1 Å². The third-order valence-electron chi connectivity index (χ3n) is 3.58. The fourth-order valence-electron chi connectivity index (χ4n) is 2.52. The molecule has 3 rings (SSSR count). The van der Waals surface area contributed by atoms with Crippen LogP contribution in [0.1, 0.15) is 18.9 Å². The molecule has 1 aromatic heterocycles. The van der Waals surface area contributed by atoms with Gasteiger partial charge in [0.2, 0.25) is 0 Å². The van der Waals surface area contributed by atoms with Crippen LogP contribution in [0.25, 0.3) is 11.1 Å². The van der Waals surface area contributed by atoms with Crippen molar-refractivity contribution in [3.05, 3.63) is 27.8 Å². The molecule has 0 saturated carbocycles. The van der Waals surface area contributed by atoms with Gasteiger partial charge in [-0.15, -0.1) is 0 Å². The summed E-state index contributed by atoms with van der Waals surface area (Å²) in [6, 6.07) is 3.76. The lowest BCUT2D eigenvalue weighted by Gasteiger charge is -2.24. The number of benzene rings is 1. The van der Waals surface area contributed by atoms with E-state index in [1.165, 1.54) is 6.07 Å². The molecule has 1 saturated heterocycles. The fourth-order valence-corrected chi connectivity index (χ4v) is 2.52. The van der Waals surface area contributed by atoms with E-state index in [2.05, 4.69) is 4.98 Å². The normalized spacial score (nSPS) is 15.6. The second-order valence-corrected chi connectivity index (χ2v) is 5.05. The molecule has 1 fully saturated rings. The van der Waals surface area contributed by atoms with Crippen molar-refractivity contribution >= 4 is 22.8 Å². The van der Waals surface area contributed by atoms with Gasteiger partial charge in [-0.25, -0.2) is 0 Å². The van der Waals surface area contributed by atoms with Crippen molar-refractivity contribution in [3.63, 3.8) is 0 Å². The summed E-state index contributed by atoms with van der Waals surface area (Å²) >= 11 is 0. The van der Waals surface area contributed by atoms with Gasteiger partial charge in [0.05, 0.1) is 24.2 Å². The molecule has 0 amide bonds. The number of ether oxygens (including phenoxy) is 1. The molecule has 2 heterocycles. The Morgan fingerprint density at radius 1 is 1.38 bits per heavy atom. The largest absolute Gasteiger partial charge is 0.423 e. The summed E-state index contributed by atoms with van der Waals surface area (Å²) in [5, 5.41) is 11.2. The van der Waals surface area contributed by atoms with E-state index in [9.17, 15) is 10.1 Å². The maximum atomic E-state index is 11.2. The average Bonchev–Trinajstić information content (AvgIpc) is 2.90. The number of fused-ring (bicyclic) bond motifs is 1. The number of hydrogen-bond acceptors (Lipinski definition) is 6. The molecule has 1 aliphatic heterocycles. The van der Waals surface area contributed by atoms with Gasteiger partial charge in [0.15, 0.2) is 5.58 Å². The van der Waals surface area contributed by atoms with Crippen LogP contribution in [0.4, 0.5) is 11.7 Å². The van der Waals surface area contributed by atoms with Gasteiger partial charge in [0.25, 0.3) is 11.7 Å². The van der Waals surface area contributed by atoms with Gasteiger partial charge in [-0.05, 0) is 12.5 Å². The number of rotatable bonds is 4. The Morgan fingerprint density at radius 3 is 2.81 bits per heavy atom. The zero-order valence-electron chi connectivity index (χ0n) is 11.9. The summed E-state index contributed by atoms with van der Waals surface area (Å²) in [7, 11) is 0. The third kappa shape index (κ3) is 2.69. The molecule has 0 spiro atoms. The number of nitrogens with zero attached hydrogens (tertiary/aromatic N) is 3. The molecule has 112 valence electrons.